The predicted octanol–water partition coefficient (Wildman–Crippen LogP) is 4.74. The summed E-state index contributed by atoms with van der Waals surface area (Å²) in [6.45, 7) is 2.43. The lowest BCUT2D eigenvalue weighted by atomic mass is 10.1. The van der Waals surface area contributed by atoms with Gasteiger partial charge >= 0.3 is 0 Å². The molecular formula is C25H23N3O2S. The van der Waals surface area contributed by atoms with Crippen LogP contribution in [0.15, 0.2) is 77.8 Å². The topological polar surface area (TPSA) is 52.7 Å². The zero-order chi connectivity index (χ0) is 21.2. The highest BCUT2D eigenvalue weighted by Crippen LogP contribution is 2.34. The summed E-state index contributed by atoms with van der Waals surface area (Å²) in [5.41, 5.74) is 3.70. The SMILES string of the molecule is O=C1C(Nc2ccc(N3CCCC3)cc2)=C(c2cccs2)C(=O)N1Cc1ccccc1. The van der Waals surface area contributed by atoms with E-state index >= 15 is 0 Å². The molecule has 0 unspecified atom stereocenters. The monoisotopic (exact) mass is 429 g/mol. The molecule has 0 bridgehead atoms. The highest BCUT2D eigenvalue weighted by molar-refractivity contribution is 7.11. The normalized spacial score (nSPS) is 16.5. The molecule has 3 heterocycles. The Kier molecular flexibility index (Phi) is 5.30. The van der Waals surface area contributed by atoms with E-state index in [4.69, 9.17) is 0 Å². The maximum absolute atomic E-state index is 13.3. The Balaban J connectivity index is 1.43. The lowest BCUT2D eigenvalue weighted by Gasteiger charge is -2.18. The van der Waals surface area contributed by atoms with E-state index in [1.807, 2.05) is 60.0 Å². The van der Waals surface area contributed by atoms with Crippen LogP contribution in [0.1, 0.15) is 23.3 Å². The number of amides is 2. The maximum Gasteiger partial charge on any atom is 0.278 e. The zero-order valence-electron chi connectivity index (χ0n) is 17.1. The van der Waals surface area contributed by atoms with Crippen LogP contribution in [0, 0.1) is 0 Å². The number of thiophene rings is 1. The first-order valence-corrected chi connectivity index (χ1v) is 11.4. The van der Waals surface area contributed by atoms with Gasteiger partial charge in [-0.15, -0.1) is 11.3 Å². The van der Waals surface area contributed by atoms with Crippen LogP contribution >= 0.6 is 11.3 Å². The van der Waals surface area contributed by atoms with Crippen molar-refractivity contribution in [2.24, 2.45) is 0 Å². The van der Waals surface area contributed by atoms with Crippen LogP contribution in [-0.4, -0.2) is 29.8 Å². The summed E-state index contributed by atoms with van der Waals surface area (Å²) in [5, 5.41) is 5.17. The molecule has 5 rings (SSSR count). The maximum atomic E-state index is 13.3. The van der Waals surface area contributed by atoms with Gasteiger partial charge in [0.1, 0.15) is 5.70 Å². The number of carbonyl (C=O) groups excluding carboxylic acids is 2. The molecule has 2 aliphatic rings. The molecular weight excluding hydrogens is 406 g/mol. The molecule has 2 aromatic carbocycles. The predicted molar refractivity (Wildman–Crippen MR) is 125 cm³/mol. The second-order valence-electron chi connectivity index (χ2n) is 7.78. The minimum Gasteiger partial charge on any atom is -0.372 e. The number of imide groups is 1. The molecule has 0 saturated carbocycles. The minimum atomic E-state index is -0.291. The molecule has 1 saturated heterocycles. The number of hydrogen-bond donors (Lipinski definition) is 1. The van der Waals surface area contributed by atoms with Crippen molar-refractivity contribution in [1.82, 2.24) is 4.90 Å². The van der Waals surface area contributed by atoms with E-state index in [9.17, 15) is 9.59 Å². The fraction of sp³-hybridized carbons (Fsp3) is 0.200. The molecule has 2 amide bonds. The van der Waals surface area contributed by atoms with E-state index in [2.05, 4.69) is 22.3 Å². The van der Waals surface area contributed by atoms with Crippen LogP contribution in [0.4, 0.5) is 11.4 Å². The molecule has 0 aliphatic carbocycles. The Labute approximate surface area is 185 Å². The number of hydrogen-bond acceptors (Lipinski definition) is 5. The van der Waals surface area contributed by atoms with E-state index in [0.717, 1.165) is 29.2 Å². The fourth-order valence-electron chi connectivity index (χ4n) is 4.13. The number of nitrogens with one attached hydrogen (secondary N) is 1. The van der Waals surface area contributed by atoms with Crippen molar-refractivity contribution in [3.8, 4) is 0 Å². The first kappa shape index (κ1) is 19.6. The van der Waals surface area contributed by atoms with Crippen LogP contribution in [0.3, 0.4) is 0 Å². The van der Waals surface area contributed by atoms with Gasteiger partial charge in [0.2, 0.25) is 0 Å². The molecule has 1 N–H and O–H groups in total. The highest BCUT2D eigenvalue weighted by atomic mass is 32.1. The molecule has 0 radical (unpaired) electrons. The van der Waals surface area contributed by atoms with Crippen molar-refractivity contribution in [3.63, 3.8) is 0 Å². The van der Waals surface area contributed by atoms with E-state index in [0.29, 0.717) is 11.3 Å². The molecule has 2 aliphatic heterocycles. The van der Waals surface area contributed by atoms with Gasteiger partial charge in [0, 0.05) is 29.3 Å². The number of benzene rings is 2. The summed E-state index contributed by atoms with van der Waals surface area (Å²) in [4.78, 5) is 31.0. The Morgan fingerprint density at radius 3 is 2.26 bits per heavy atom. The Morgan fingerprint density at radius 2 is 1.58 bits per heavy atom. The van der Waals surface area contributed by atoms with Crippen LogP contribution in [0.2, 0.25) is 0 Å². The van der Waals surface area contributed by atoms with Crippen molar-refractivity contribution in [1.29, 1.82) is 0 Å². The van der Waals surface area contributed by atoms with Gasteiger partial charge in [-0.25, -0.2) is 0 Å². The lowest BCUT2D eigenvalue weighted by Crippen LogP contribution is -2.31. The largest absolute Gasteiger partial charge is 0.372 e. The standard InChI is InChI=1S/C25H23N3O2S/c29-24-22(21-9-6-16-31-21)23(25(30)28(24)17-18-7-2-1-3-8-18)26-19-10-12-20(13-11-19)27-14-4-5-15-27/h1-3,6-13,16,26H,4-5,14-15,17H2. The molecule has 156 valence electrons. The molecule has 1 aromatic heterocycles. The molecule has 0 spiro atoms. The highest BCUT2D eigenvalue weighted by Gasteiger charge is 2.39. The average molecular weight is 430 g/mol. The van der Waals surface area contributed by atoms with Crippen molar-refractivity contribution in [3.05, 3.63) is 88.2 Å². The molecule has 31 heavy (non-hydrogen) atoms. The summed E-state index contributed by atoms with van der Waals surface area (Å²) < 4.78 is 0. The minimum absolute atomic E-state index is 0.256. The summed E-state index contributed by atoms with van der Waals surface area (Å²) >= 11 is 1.46. The van der Waals surface area contributed by atoms with Crippen molar-refractivity contribution in [2.75, 3.05) is 23.3 Å². The number of rotatable bonds is 6. The zero-order valence-corrected chi connectivity index (χ0v) is 17.9. The van der Waals surface area contributed by atoms with Gasteiger partial charge in [-0.05, 0) is 54.1 Å². The van der Waals surface area contributed by atoms with Crippen molar-refractivity contribution < 1.29 is 9.59 Å². The van der Waals surface area contributed by atoms with E-state index in [1.165, 1.54) is 34.8 Å². The Bertz CT molecular complexity index is 1120. The van der Waals surface area contributed by atoms with Crippen LogP contribution in [0.5, 0.6) is 0 Å². The van der Waals surface area contributed by atoms with Gasteiger partial charge in [0.05, 0.1) is 12.1 Å². The number of nitrogens with zero attached hydrogens (tertiary/aromatic N) is 2. The molecule has 3 aromatic rings. The average Bonchev–Trinajstić information content (AvgIpc) is 3.55. The third-order valence-corrected chi connectivity index (χ3v) is 6.61. The van der Waals surface area contributed by atoms with E-state index in [-0.39, 0.29) is 18.4 Å². The number of carbonyl (C=O) groups is 2. The van der Waals surface area contributed by atoms with Crippen LogP contribution in [-0.2, 0) is 16.1 Å². The molecule has 6 heteroatoms. The smallest absolute Gasteiger partial charge is 0.278 e. The Hall–Kier alpha value is -3.38. The van der Waals surface area contributed by atoms with Gasteiger partial charge < -0.3 is 10.2 Å². The van der Waals surface area contributed by atoms with Crippen LogP contribution < -0.4 is 10.2 Å². The Morgan fingerprint density at radius 1 is 0.839 bits per heavy atom. The van der Waals surface area contributed by atoms with Gasteiger partial charge in [-0.1, -0.05) is 36.4 Å². The summed E-state index contributed by atoms with van der Waals surface area (Å²) in [7, 11) is 0. The van der Waals surface area contributed by atoms with Gasteiger partial charge in [0.25, 0.3) is 11.8 Å². The summed E-state index contributed by atoms with van der Waals surface area (Å²) in [5.74, 6) is -0.548. The lowest BCUT2D eigenvalue weighted by molar-refractivity contribution is -0.137. The number of anilines is 2. The van der Waals surface area contributed by atoms with E-state index < -0.39 is 0 Å². The summed E-state index contributed by atoms with van der Waals surface area (Å²) in [6, 6.07) is 21.5. The van der Waals surface area contributed by atoms with Gasteiger partial charge in [-0.3, -0.25) is 14.5 Å². The second-order valence-corrected chi connectivity index (χ2v) is 8.72. The van der Waals surface area contributed by atoms with Crippen LogP contribution in [0.25, 0.3) is 5.57 Å². The first-order chi connectivity index (χ1) is 15.2. The quantitative estimate of drug-likeness (QED) is 0.575. The fourth-order valence-corrected chi connectivity index (χ4v) is 4.89. The van der Waals surface area contributed by atoms with Crippen molar-refractivity contribution >= 4 is 40.1 Å². The van der Waals surface area contributed by atoms with Crippen molar-refractivity contribution in [2.45, 2.75) is 19.4 Å². The second kappa shape index (κ2) is 8.40. The molecule has 5 nitrogen and oxygen atoms in total. The third-order valence-electron chi connectivity index (χ3n) is 5.73. The van der Waals surface area contributed by atoms with Gasteiger partial charge in [0.15, 0.2) is 0 Å². The first-order valence-electron chi connectivity index (χ1n) is 10.5. The van der Waals surface area contributed by atoms with E-state index in [1.54, 1.807) is 0 Å². The van der Waals surface area contributed by atoms with Gasteiger partial charge in [-0.2, -0.15) is 0 Å². The molecule has 1 fully saturated rings. The molecule has 0 atom stereocenters. The summed E-state index contributed by atoms with van der Waals surface area (Å²) in [6.07, 6.45) is 2.45. The third kappa shape index (κ3) is 3.86.